The van der Waals surface area contributed by atoms with Crippen LogP contribution in [0.5, 0.6) is 0 Å². The van der Waals surface area contributed by atoms with Crippen LogP contribution in [0.3, 0.4) is 0 Å². The molecule has 6 heteroatoms. The van der Waals surface area contributed by atoms with Crippen molar-refractivity contribution < 1.29 is 19.4 Å². The van der Waals surface area contributed by atoms with Gasteiger partial charge < -0.3 is 20.1 Å². The van der Waals surface area contributed by atoms with Gasteiger partial charge in [0.05, 0.1) is 12.2 Å². The van der Waals surface area contributed by atoms with Gasteiger partial charge in [0, 0.05) is 24.0 Å². The average Bonchev–Trinajstić information content (AvgIpc) is 2.95. The summed E-state index contributed by atoms with van der Waals surface area (Å²) in [6, 6.07) is 9.60. The molecule has 0 saturated carbocycles. The number of rotatable bonds is 6. The Hall–Kier alpha value is -2.60. The normalized spacial score (nSPS) is 11.9. The lowest BCUT2D eigenvalue weighted by atomic mass is 10.1. The van der Waals surface area contributed by atoms with Crippen molar-refractivity contribution in [3.8, 4) is 5.69 Å². The third-order valence-electron chi connectivity index (χ3n) is 3.24. The summed E-state index contributed by atoms with van der Waals surface area (Å²) in [6.45, 7) is 2.08. The van der Waals surface area contributed by atoms with Gasteiger partial charge in [0.1, 0.15) is 6.04 Å². The first-order valence-electron chi connectivity index (χ1n) is 6.95. The van der Waals surface area contributed by atoms with Crippen LogP contribution in [0.4, 0.5) is 0 Å². The van der Waals surface area contributed by atoms with Crippen molar-refractivity contribution in [3.05, 3.63) is 53.9 Å². The quantitative estimate of drug-likeness (QED) is 0.790. The molecule has 0 bridgehead atoms. The van der Waals surface area contributed by atoms with Crippen LogP contribution < -0.4 is 5.73 Å². The van der Waals surface area contributed by atoms with Gasteiger partial charge in [-0.3, -0.25) is 4.79 Å². The number of ether oxygens (including phenoxy) is 1. The van der Waals surface area contributed by atoms with Gasteiger partial charge in [-0.1, -0.05) is 0 Å². The Kier molecular flexibility index (Phi) is 4.95. The number of benzene rings is 1. The van der Waals surface area contributed by atoms with Crippen LogP contribution in [0.15, 0.2) is 42.6 Å². The van der Waals surface area contributed by atoms with Crippen molar-refractivity contribution >= 4 is 11.9 Å². The molecule has 2 aromatic rings. The number of nitrogens with two attached hydrogens (primary N) is 1. The highest BCUT2D eigenvalue weighted by molar-refractivity contribution is 5.89. The standard InChI is InChI=1S/C16H18N2O4/c1-2-22-16(21)11-5-7-12(8-6-11)18-9-3-4-13(18)10-14(17)15(19)20/h3-9,14H,2,10,17H2,1H3,(H,19,20). The van der Waals surface area contributed by atoms with Crippen molar-refractivity contribution in [1.82, 2.24) is 4.57 Å². The van der Waals surface area contributed by atoms with E-state index in [2.05, 4.69) is 0 Å². The van der Waals surface area contributed by atoms with E-state index in [-0.39, 0.29) is 12.4 Å². The van der Waals surface area contributed by atoms with Gasteiger partial charge in [-0.15, -0.1) is 0 Å². The third kappa shape index (κ3) is 3.53. The Morgan fingerprint density at radius 1 is 1.27 bits per heavy atom. The summed E-state index contributed by atoms with van der Waals surface area (Å²) in [5, 5.41) is 8.90. The number of carbonyl (C=O) groups is 2. The number of carboxylic acids is 1. The second-order valence-electron chi connectivity index (χ2n) is 4.79. The van der Waals surface area contributed by atoms with Crippen LogP contribution in [-0.4, -0.2) is 34.3 Å². The van der Waals surface area contributed by atoms with Gasteiger partial charge in [0.2, 0.25) is 0 Å². The van der Waals surface area contributed by atoms with E-state index < -0.39 is 12.0 Å². The number of aliphatic carboxylic acids is 1. The molecule has 0 aliphatic carbocycles. The topological polar surface area (TPSA) is 94.5 Å². The zero-order chi connectivity index (χ0) is 16.1. The number of hydrogen-bond donors (Lipinski definition) is 2. The van der Waals surface area contributed by atoms with Crippen LogP contribution in [0, 0.1) is 0 Å². The summed E-state index contributed by atoms with van der Waals surface area (Å²) in [5.74, 6) is -1.40. The maximum absolute atomic E-state index is 11.6. The molecule has 1 aromatic carbocycles. The molecule has 0 radical (unpaired) electrons. The maximum Gasteiger partial charge on any atom is 0.338 e. The molecule has 3 N–H and O–H groups in total. The van der Waals surface area contributed by atoms with Crippen molar-refractivity contribution in [2.45, 2.75) is 19.4 Å². The minimum absolute atomic E-state index is 0.224. The maximum atomic E-state index is 11.6. The second-order valence-corrected chi connectivity index (χ2v) is 4.79. The number of carboxylic acid groups (broad SMARTS) is 1. The number of hydrogen-bond acceptors (Lipinski definition) is 4. The average molecular weight is 302 g/mol. The van der Waals surface area contributed by atoms with Crippen molar-refractivity contribution in [3.63, 3.8) is 0 Å². The lowest BCUT2D eigenvalue weighted by molar-refractivity contribution is -0.138. The fourth-order valence-corrected chi connectivity index (χ4v) is 2.12. The molecule has 0 spiro atoms. The number of nitrogens with zero attached hydrogens (tertiary/aromatic N) is 1. The molecule has 0 amide bonds. The first-order chi connectivity index (χ1) is 10.5. The molecule has 0 saturated heterocycles. The highest BCUT2D eigenvalue weighted by atomic mass is 16.5. The van der Waals surface area contributed by atoms with Gasteiger partial charge in [0.15, 0.2) is 0 Å². The molecule has 22 heavy (non-hydrogen) atoms. The first-order valence-corrected chi connectivity index (χ1v) is 6.95. The van der Waals surface area contributed by atoms with E-state index in [1.54, 1.807) is 31.2 Å². The summed E-state index contributed by atoms with van der Waals surface area (Å²) < 4.78 is 6.78. The Morgan fingerprint density at radius 3 is 2.55 bits per heavy atom. The molecule has 2 rings (SSSR count). The number of aromatic nitrogens is 1. The molecular weight excluding hydrogens is 284 g/mol. The molecule has 1 unspecified atom stereocenters. The lowest BCUT2D eigenvalue weighted by Crippen LogP contribution is -2.32. The second kappa shape index (κ2) is 6.91. The van der Waals surface area contributed by atoms with Crippen LogP contribution in [0.2, 0.25) is 0 Å². The summed E-state index contributed by atoms with van der Waals surface area (Å²) in [5.41, 5.74) is 7.67. The van der Waals surface area contributed by atoms with Gasteiger partial charge >= 0.3 is 11.9 Å². The van der Waals surface area contributed by atoms with E-state index >= 15 is 0 Å². The molecule has 116 valence electrons. The van der Waals surface area contributed by atoms with Crippen molar-refractivity contribution in [2.75, 3.05) is 6.61 Å². The van der Waals surface area contributed by atoms with Crippen LogP contribution in [0.25, 0.3) is 5.69 Å². The van der Waals surface area contributed by atoms with E-state index in [9.17, 15) is 9.59 Å². The molecule has 1 heterocycles. The van der Waals surface area contributed by atoms with E-state index in [1.165, 1.54) is 0 Å². The highest BCUT2D eigenvalue weighted by Crippen LogP contribution is 2.15. The van der Waals surface area contributed by atoms with E-state index in [1.807, 2.05) is 22.9 Å². The minimum Gasteiger partial charge on any atom is -0.480 e. The monoisotopic (exact) mass is 302 g/mol. The SMILES string of the molecule is CCOC(=O)c1ccc(-n2cccc2CC(N)C(=O)O)cc1. The predicted molar refractivity (Wildman–Crippen MR) is 81.0 cm³/mol. The third-order valence-corrected chi connectivity index (χ3v) is 3.24. The Balaban J connectivity index is 2.21. The van der Waals surface area contributed by atoms with Gasteiger partial charge in [0.25, 0.3) is 0 Å². The molecule has 1 aromatic heterocycles. The summed E-state index contributed by atoms with van der Waals surface area (Å²) in [6.07, 6.45) is 2.05. The van der Waals surface area contributed by atoms with Crippen LogP contribution >= 0.6 is 0 Å². The zero-order valence-corrected chi connectivity index (χ0v) is 12.2. The largest absolute Gasteiger partial charge is 0.480 e. The fraction of sp³-hybridized carbons (Fsp3) is 0.250. The fourth-order valence-electron chi connectivity index (χ4n) is 2.12. The Bertz CT molecular complexity index is 661. The minimum atomic E-state index is -1.04. The smallest absolute Gasteiger partial charge is 0.338 e. The molecule has 1 atom stereocenters. The summed E-state index contributed by atoms with van der Waals surface area (Å²) in [4.78, 5) is 22.5. The van der Waals surface area contributed by atoms with E-state index in [4.69, 9.17) is 15.6 Å². The van der Waals surface area contributed by atoms with Gasteiger partial charge in [-0.2, -0.15) is 0 Å². The van der Waals surface area contributed by atoms with E-state index in [0.29, 0.717) is 12.2 Å². The van der Waals surface area contributed by atoms with Crippen LogP contribution in [0.1, 0.15) is 23.0 Å². The Morgan fingerprint density at radius 2 is 1.95 bits per heavy atom. The zero-order valence-electron chi connectivity index (χ0n) is 12.2. The molecule has 6 nitrogen and oxygen atoms in total. The molecular formula is C16H18N2O4. The highest BCUT2D eigenvalue weighted by Gasteiger charge is 2.15. The summed E-state index contributed by atoms with van der Waals surface area (Å²) in [7, 11) is 0. The molecule has 0 fully saturated rings. The number of esters is 1. The first kappa shape index (κ1) is 15.8. The van der Waals surface area contributed by atoms with Crippen molar-refractivity contribution in [2.24, 2.45) is 5.73 Å². The van der Waals surface area contributed by atoms with Gasteiger partial charge in [-0.25, -0.2) is 4.79 Å². The lowest BCUT2D eigenvalue weighted by Gasteiger charge is -2.12. The predicted octanol–water partition coefficient (Wildman–Crippen LogP) is 1.61. The van der Waals surface area contributed by atoms with E-state index in [0.717, 1.165) is 11.4 Å². The van der Waals surface area contributed by atoms with Gasteiger partial charge in [-0.05, 0) is 43.3 Å². The van der Waals surface area contributed by atoms with Crippen molar-refractivity contribution in [1.29, 1.82) is 0 Å². The van der Waals surface area contributed by atoms with Crippen LogP contribution in [-0.2, 0) is 16.0 Å². The number of carbonyl (C=O) groups excluding carboxylic acids is 1. The summed E-state index contributed by atoms with van der Waals surface area (Å²) >= 11 is 0. The molecule has 0 aliphatic rings. The molecule has 0 aliphatic heterocycles. The Labute approximate surface area is 128 Å².